The first kappa shape index (κ1) is 15.3. The van der Waals surface area contributed by atoms with E-state index < -0.39 is 0 Å². The molecule has 1 aromatic carbocycles. The largest absolute Gasteiger partial charge is 0.377 e. The minimum atomic E-state index is 0.391. The Balaban J connectivity index is 1.65. The van der Waals surface area contributed by atoms with Crippen LogP contribution < -0.4 is 0 Å². The third kappa shape index (κ3) is 3.76. The Morgan fingerprint density at radius 1 is 1.23 bits per heavy atom. The van der Waals surface area contributed by atoms with E-state index in [0.717, 1.165) is 38.3 Å². The van der Waals surface area contributed by atoms with Gasteiger partial charge in [-0.3, -0.25) is 4.90 Å². The van der Waals surface area contributed by atoms with Crippen molar-refractivity contribution in [3.63, 3.8) is 0 Å². The predicted molar refractivity (Wildman–Crippen MR) is 88.1 cm³/mol. The second-order valence-electron chi connectivity index (χ2n) is 5.94. The molecule has 0 N–H and O–H groups in total. The molecule has 118 valence electrons. The summed E-state index contributed by atoms with van der Waals surface area (Å²) in [7, 11) is 0. The Morgan fingerprint density at radius 3 is 2.91 bits per heavy atom. The molecule has 0 saturated carbocycles. The van der Waals surface area contributed by atoms with Crippen molar-refractivity contribution in [3.05, 3.63) is 48.3 Å². The van der Waals surface area contributed by atoms with Gasteiger partial charge in [-0.2, -0.15) is 5.10 Å². The molecule has 2 aromatic rings. The molecule has 22 heavy (non-hydrogen) atoms. The molecule has 4 heteroatoms. The molecule has 1 aliphatic heterocycles. The molecule has 0 amide bonds. The van der Waals surface area contributed by atoms with Crippen molar-refractivity contribution in [2.75, 3.05) is 19.7 Å². The fourth-order valence-electron chi connectivity index (χ4n) is 3.06. The molecule has 0 spiro atoms. The van der Waals surface area contributed by atoms with Gasteiger partial charge in [0.2, 0.25) is 0 Å². The molecule has 1 atom stereocenters. The quantitative estimate of drug-likeness (QED) is 0.820. The number of hydrogen-bond acceptors (Lipinski definition) is 3. The van der Waals surface area contributed by atoms with E-state index in [2.05, 4.69) is 47.3 Å². The Kier molecular flexibility index (Phi) is 5.24. The van der Waals surface area contributed by atoms with Crippen LogP contribution in [-0.2, 0) is 11.3 Å². The zero-order chi connectivity index (χ0) is 15.2. The molecule has 3 rings (SSSR count). The van der Waals surface area contributed by atoms with Gasteiger partial charge in [0.15, 0.2) is 0 Å². The number of para-hydroxylation sites is 1. The first-order chi connectivity index (χ1) is 10.9. The van der Waals surface area contributed by atoms with Gasteiger partial charge in [-0.1, -0.05) is 25.1 Å². The molecule has 4 nitrogen and oxygen atoms in total. The van der Waals surface area contributed by atoms with Crippen molar-refractivity contribution < 1.29 is 4.74 Å². The summed E-state index contributed by atoms with van der Waals surface area (Å²) in [5, 5.41) is 4.48. The Bertz CT molecular complexity index is 567. The first-order valence-electron chi connectivity index (χ1n) is 8.29. The van der Waals surface area contributed by atoms with Crippen LogP contribution in [0.15, 0.2) is 42.6 Å². The summed E-state index contributed by atoms with van der Waals surface area (Å²) in [6.45, 7) is 6.15. The maximum Gasteiger partial charge on any atom is 0.0702 e. The highest BCUT2D eigenvalue weighted by Gasteiger charge is 2.21. The van der Waals surface area contributed by atoms with E-state index >= 15 is 0 Å². The van der Waals surface area contributed by atoms with Crippen molar-refractivity contribution in [3.8, 4) is 5.69 Å². The van der Waals surface area contributed by atoms with Crippen molar-refractivity contribution in [2.45, 2.75) is 38.8 Å². The summed E-state index contributed by atoms with van der Waals surface area (Å²) in [5.74, 6) is 0. The molecule has 0 radical (unpaired) electrons. The number of hydrogen-bond donors (Lipinski definition) is 0. The van der Waals surface area contributed by atoms with Gasteiger partial charge >= 0.3 is 0 Å². The van der Waals surface area contributed by atoms with Gasteiger partial charge in [-0.25, -0.2) is 4.68 Å². The summed E-state index contributed by atoms with van der Waals surface area (Å²) in [4.78, 5) is 2.49. The summed E-state index contributed by atoms with van der Waals surface area (Å²) < 4.78 is 7.97. The molecule has 1 fully saturated rings. The molecule has 0 aliphatic carbocycles. The average molecular weight is 299 g/mol. The normalized spacial score (nSPS) is 19.4. The fourth-order valence-corrected chi connectivity index (χ4v) is 3.06. The first-order valence-corrected chi connectivity index (χ1v) is 8.29. The predicted octanol–water partition coefficient (Wildman–Crippen LogP) is 3.26. The van der Waals surface area contributed by atoms with E-state index in [9.17, 15) is 0 Å². The zero-order valence-electron chi connectivity index (χ0n) is 13.3. The molecule has 1 aliphatic rings. The summed E-state index contributed by atoms with van der Waals surface area (Å²) in [5.41, 5.74) is 2.36. The van der Waals surface area contributed by atoms with E-state index in [1.165, 1.54) is 18.5 Å². The van der Waals surface area contributed by atoms with Crippen LogP contribution in [-0.4, -0.2) is 40.5 Å². The Hall–Kier alpha value is -1.65. The van der Waals surface area contributed by atoms with Crippen molar-refractivity contribution in [1.82, 2.24) is 14.7 Å². The SMILES string of the molecule is CCCOC1CCCN(Cc2ccnn2-c2ccccc2)C1. The van der Waals surface area contributed by atoms with E-state index in [-0.39, 0.29) is 0 Å². The van der Waals surface area contributed by atoms with Crippen LogP contribution in [0.3, 0.4) is 0 Å². The van der Waals surface area contributed by atoms with E-state index in [1.807, 2.05) is 16.9 Å². The number of benzene rings is 1. The molecular weight excluding hydrogens is 274 g/mol. The lowest BCUT2D eigenvalue weighted by molar-refractivity contribution is -0.00268. The lowest BCUT2D eigenvalue weighted by atomic mass is 10.1. The van der Waals surface area contributed by atoms with Crippen LogP contribution in [0.25, 0.3) is 5.69 Å². The number of piperidine rings is 1. The highest BCUT2D eigenvalue weighted by molar-refractivity contribution is 5.32. The van der Waals surface area contributed by atoms with Crippen LogP contribution in [0.2, 0.25) is 0 Å². The smallest absolute Gasteiger partial charge is 0.0702 e. The van der Waals surface area contributed by atoms with E-state index in [1.54, 1.807) is 0 Å². The minimum absolute atomic E-state index is 0.391. The Morgan fingerprint density at radius 2 is 2.09 bits per heavy atom. The van der Waals surface area contributed by atoms with Gasteiger partial charge < -0.3 is 4.74 Å². The fraction of sp³-hybridized carbons (Fsp3) is 0.500. The third-order valence-electron chi connectivity index (χ3n) is 4.13. The molecule has 1 unspecified atom stereocenters. The topological polar surface area (TPSA) is 30.3 Å². The van der Waals surface area contributed by atoms with Crippen molar-refractivity contribution >= 4 is 0 Å². The second kappa shape index (κ2) is 7.56. The average Bonchev–Trinajstić information content (AvgIpc) is 3.02. The lowest BCUT2D eigenvalue weighted by Crippen LogP contribution is -2.39. The summed E-state index contributed by atoms with van der Waals surface area (Å²) in [6, 6.07) is 12.4. The number of aromatic nitrogens is 2. The molecular formula is C18H25N3O. The summed E-state index contributed by atoms with van der Waals surface area (Å²) >= 11 is 0. The second-order valence-corrected chi connectivity index (χ2v) is 5.94. The van der Waals surface area contributed by atoms with Gasteiger partial charge in [0, 0.05) is 25.9 Å². The van der Waals surface area contributed by atoms with Crippen LogP contribution in [0, 0.1) is 0 Å². The molecule has 0 bridgehead atoms. The maximum atomic E-state index is 5.93. The number of ether oxygens (including phenoxy) is 1. The van der Waals surface area contributed by atoms with Gasteiger partial charge in [-0.05, 0) is 44.0 Å². The van der Waals surface area contributed by atoms with Crippen LogP contribution in [0.1, 0.15) is 31.9 Å². The standard InChI is InChI=1S/C18H25N3O/c1-2-13-22-18-9-6-12-20(15-18)14-17-10-11-19-21(17)16-7-4-3-5-8-16/h3-5,7-8,10-11,18H,2,6,9,12-15H2,1H3. The number of nitrogens with zero attached hydrogens (tertiary/aromatic N) is 3. The molecule has 1 saturated heterocycles. The highest BCUT2D eigenvalue weighted by atomic mass is 16.5. The van der Waals surface area contributed by atoms with Crippen LogP contribution in [0.5, 0.6) is 0 Å². The number of likely N-dealkylation sites (tertiary alicyclic amines) is 1. The van der Waals surface area contributed by atoms with Gasteiger partial charge in [0.1, 0.15) is 0 Å². The monoisotopic (exact) mass is 299 g/mol. The third-order valence-corrected chi connectivity index (χ3v) is 4.13. The van der Waals surface area contributed by atoms with Crippen molar-refractivity contribution in [1.29, 1.82) is 0 Å². The van der Waals surface area contributed by atoms with E-state index in [4.69, 9.17) is 4.74 Å². The van der Waals surface area contributed by atoms with Gasteiger partial charge in [0.25, 0.3) is 0 Å². The van der Waals surface area contributed by atoms with Crippen LogP contribution in [0.4, 0.5) is 0 Å². The minimum Gasteiger partial charge on any atom is -0.377 e. The summed E-state index contributed by atoms with van der Waals surface area (Å²) in [6.07, 6.45) is 5.78. The zero-order valence-corrected chi connectivity index (χ0v) is 13.3. The van der Waals surface area contributed by atoms with Crippen molar-refractivity contribution in [2.24, 2.45) is 0 Å². The number of rotatable bonds is 6. The Labute approximate surface area is 132 Å². The van der Waals surface area contributed by atoms with E-state index in [0.29, 0.717) is 6.10 Å². The highest BCUT2D eigenvalue weighted by Crippen LogP contribution is 2.18. The molecule has 1 aromatic heterocycles. The van der Waals surface area contributed by atoms with Crippen LogP contribution >= 0.6 is 0 Å². The van der Waals surface area contributed by atoms with Gasteiger partial charge in [0.05, 0.1) is 17.5 Å². The van der Waals surface area contributed by atoms with Gasteiger partial charge in [-0.15, -0.1) is 0 Å². The maximum absolute atomic E-state index is 5.93. The lowest BCUT2D eigenvalue weighted by Gasteiger charge is -2.32. The molecule has 2 heterocycles.